The van der Waals surface area contributed by atoms with Crippen LogP contribution in [0.5, 0.6) is 0 Å². The zero-order chi connectivity index (χ0) is 21.6. The van der Waals surface area contributed by atoms with Crippen LogP contribution in [-0.2, 0) is 0 Å². The molecule has 0 spiro atoms. The third-order valence-corrected chi connectivity index (χ3v) is 7.26. The lowest BCUT2D eigenvalue weighted by molar-refractivity contribution is -0.913. The van der Waals surface area contributed by atoms with Crippen molar-refractivity contribution in [1.29, 1.82) is 0 Å². The summed E-state index contributed by atoms with van der Waals surface area (Å²) in [5.74, 6) is 0. The van der Waals surface area contributed by atoms with E-state index < -0.39 is 0 Å². The van der Waals surface area contributed by atoms with Crippen LogP contribution >= 0.6 is 0 Å². The Kier molecular flexibility index (Phi) is 21.2. The van der Waals surface area contributed by atoms with Gasteiger partial charge < -0.3 is 4.48 Å². The largest absolute Gasteiger partial charge is 0.326 e. The minimum absolute atomic E-state index is 0.822. The van der Waals surface area contributed by atoms with Gasteiger partial charge in [-0.05, 0) is 32.6 Å². The number of rotatable bonds is 23. The van der Waals surface area contributed by atoms with E-state index in [0.29, 0.717) is 0 Å². The van der Waals surface area contributed by atoms with E-state index in [0.717, 1.165) is 6.04 Å². The predicted octanol–water partition coefficient (Wildman–Crippen LogP) is 9.68. The van der Waals surface area contributed by atoms with Crippen LogP contribution in [0.15, 0.2) is 0 Å². The lowest BCUT2D eigenvalue weighted by atomic mass is 10.0. The van der Waals surface area contributed by atoms with Gasteiger partial charge in [0.2, 0.25) is 0 Å². The molecule has 0 heterocycles. The fraction of sp³-hybridized carbons (Fsp3) is 1.00. The third kappa shape index (κ3) is 19.7. The highest BCUT2D eigenvalue weighted by Gasteiger charge is 2.22. The molecule has 0 saturated heterocycles. The quantitative estimate of drug-likeness (QED) is 0.116. The molecule has 0 aromatic rings. The molecule has 0 bridgehead atoms. The van der Waals surface area contributed by atoms with Crippen LogP contribution in [0.2, 0.25) is 0 Å². The molecule has 1 heteroatoms. The van der Waals surface area contributed by atoms with Crippen molar-refractivity contribution in [2.24, 2.45) is 0 Å². The number of hydrogen-bond acceptors (Lipinski definition) is 0. The normalized spacial score (nSPS) is 13.1. The summed E-state index contributed by atoms with van der Waals surface area (Å²) >= 11 is 0. The molecule has 0 aliphatic rings. The van der Waals surface area contributed by atoms with Crippen LogP contribution in [0.1, 0.15) is 156 Å². The van der Waals surface area contributed by atoms with Crippen molar-refractivity contribution in [3.05, 3.63) is 0 Å². The molecule has 0 N–H and O–H groups in total. The first-order valence-electron chi connectivity index (χ1n) is 13.9. The monoisotopic (exact) mass is 410 g/mol. The molecule has 0 radical (unpaired) electrons. The zero-order valence-corrected chi connectivity index (χ0v) is 21.6. The Balaban J connectivity index is 3.49. The average molecular weight is 411 g/mol. The van der Waals surface area contributed by atoms with E-state index in [1.807, 2.05) is 0 Å². The Hall–Kier alpha value is -0.0400. The second-order valence-corrected chi connectivity index (χ2v) is 10.5. The van der Waals surface area contributed by atoms with Crippen LogP contribution in [-0.4, -0.2) is 31.2 Å². The maximum Gasteiger partial charge on any atom is 0.0857 e. The van der Waals surface area contributed by atoms with E-state index in [2.05, 4.69) is 34.9 Å². The smallest absolute Gasteiger partial charge is 0.0857 e. The second-order valence-electron chi connectivity index (χ2n) is 10.5. The molecule has 176 valence electrons. The summed E-state index contributed by atoms with van der Waals surface area (Å²) in [6, 6.07) is 0.822. The molecule has 1 unspecified atom stereocenters. The van der Waals surface area contributed by atoms with E-state index in [9.17, 15) is 0 Å². The van der Waals surface area contributed by atoms with Crippen molar-refractivity contribution in [1.82, 2.24) is 0 Å². The average Bonchev–Trinajstić information content (AvgIpc) is 2.70. The molecule has 29 heavy (non-hydrogen) atoms. The molecule has 0 aliphatic heterocycles. The molecular weight excluding hydrogens is 350 g/mol. The highest BCUT2D eigenvalue weighted by atomic mass is 15.3. The molecule has 0 fully saturated rings. The van der Waals surface area contributed by atoms with Gasteiger partial charge in [-0.3, -0.25) is 0 Å². The molecule has 1 atom stereocenters. The summed E-state index contributed by atoms with van der Waals surface area (Å²) in [6.07, 6.45) is 30.4. The third-order valence-electron chi connectivity index (χ3n) is 7.26. The van der Waals surface area contributed by atoms with Crippen molar-refractivity contribution in [2.45, 2.75) is 162 Å². The number of nitrogens with zero attached hydrogens (tertiary/aromatic N) is 1. The van der Waals surface area contributed by atoms with Crippen molar-refractivity contribution in [2.75, 3.05) is 20.6 Å². The first kappa shape index (κ1) is 29.0. The summed E-state index contributed by atoms with van der Waals surface area (Å²) in [5, 5.41) is 0. The molecule has 0 aliphatic carbocycles. The van der Waals surface area contributed by atoms with Gasteiger partial charge in [0.15, 0.2) is 0 Å². The fourth-order valence-electron chi connectivity index (χ4n) is 4.50. The van der Waals surface area contributed by atoms with Gasteiger partial charge in [-0.25, -0.2) is 0 Å². The molecule has 0 aromatic carbocycles. The molecule has 0 saturated carbocycles. The van der Waals surface area contributed by atoms with Gasteiger partial charge >= 0.3 is 0 Å². The Bertz CT molecular complexity index is 309. The number of hydrogen-bond donors (Lipinski definition) is 0. The SMILES string of the molecule is CCCCCCCCCCCCC(C)[N+](C)(C)CCCCCCCCCCCC. The highest BCUT2D eigenvalue weighted by Crippen LogP contribution is 2.18. The van der Waals surface area contributed by atoms with E-state index in [4.69, 9.17) is 0 Å². The highest BCUT2D eigenvalue weighted by molar-refractivity contribution is 4.55. The Labute approximate surface area is 187 Å². The summed E-state index contributed by atoms with van der Waals surface area (Å²) in [6.45, 7) is 8.47. The molecule has 1 nitrogen and oxygen atoms in total. The minimum Gasteiger partial charge on any atom is -0.326 e. The second kappa shape index (κ2) is 21.2. The van der Waals surface area contributed by atoms with Crippen molar-refractivity contribution in [3.8, 4) is 0 Å². The molecule has 0 aromatic heterocycles. The van der Waals surface area contributed by atoms with Gasteiger partial charge in [0.25, 0.3) is 0 Å². The van der Waals surface area contributed by atoms with Gasteiger partial charge in [-0.2, -0.15) is 0 Å². The van der Waals surface area contributed by atoms with Gasteiger partial charge in [0, 0.05) is 0 Å². The standard InChI is InChI=1S/C28H60N/c1-6-8-10-12-14-16-18-20-22-24-26-28(3)29(4,5)27-25-23-21-19-17-15-13-11-9-7-2/h28H,6-27H2,1-5H3/q+1. The van der Waals surface area contributed by atoms with E-state index >= 15 is 0 Å². The fourth-order valence-corrected chi connectivity index (χ4v) is 4.50. The zero-order valence-electron chi connectivity index (χ0n) is 21.6. The minimum atomic E-state index is 0.822. The first-order valence-corrected chi connectivity index (χ1v) is 13.9. The maximum atomic E-state index is 2.49. The summed E-state index contributed by atoms with van der Waals surface area (Å²) in [7, 11) is 4.93. The summed E-state index contributed by atoms with van der Waals surface area (Å²) < 4.78 is 1.23. The molecule has 0 rings (SSSR count). The van der Waals surface area contributed by atoms with E-state index in [-0.39, 0.29) is 0 Å². The van der Waals surface area contributed by atoms with Gasteiger partial charge in [-0.15, -0.1) is 0 Å². The van der Waals surface area contributed by atoms with Crippen molar-refractivity contribution in [3.63, 3.8) is 0 Å². The summed E-state index contributed by atoms with van der Waals surface area (Å²) in [4.78, 5) is 0. The molecule has 0 amide bonds. The van der Waals surface area contributed by atoms with Crippen molar-refractivity contribution < 1.29 is 4.48 Å². The van der Waals surface area contributed by atoms with Crippen LogP contribution < -0.4 is 0 Å². The van der Waals surface area contributed by atoms with Gasteiger partial charge in [0.05, 0.1) is 26.7 Å². The van der Waals surface area contributed by atoms with Crippen LogP contribution in [0.4, 0.5) is 0 Å². The number of unbranched alkanes of at least 4 members (excludes halogenated alkanes) is 18. The van der Waals surface area contributed by atoms with Crippen LogP contribution in [0, 0.1) is 0 Å². The Morgan fingerprint density at radius 1 is 0.448 bits per heavy atom. The van der Waals surface area contributed by atoms with E-state index in [1.165, 1.54) is 146 Å². The maximum absolute atomic E-state index is 2.49. The van der Waals surface area contributed by atoms with Crippen LogP contribution in [0.25, 0.3) is 0 Å². The Morgan fingerprint density at radius 3 is 1.14 bits per heavy atom. The molecular formula is C28H60N+. The first-order chi connectivity index (χ1) is 14.0. The van der Waals surface area contributed by atoms with E-state index in [1.54, 1.807) is 0 Å². The van der Waals surface area contributed by atoms with Gasteiger partial charge in [-0.1, -0.05) is 123 Å². The topological polar surface area (TPSA) is 0 Å². The van der Waals surface area contributed by atoms with Gasteiger partial charge in [0.1, 0.15) is 0 Å². The lowest BCUT2D eigenvalue weighted by Crippen LogP contribution is -2.47. The lowest BCUT2D eigenvalue weighted by Gasteiger charge is -2.36. The Morgan fingerprint density at radius 2 is 0.759 bits per heavy atom. The van der Waals surface area contributed by atoms with Crippen LogP contribution in [0.3, 0.4) is 0 Å². The summed E-state index contributed by atoms with van der Waals surface area (Å²) in [5.41, 5.74) is 0. The predicted molar refractivity (Wildman–Crippen MR) is 135 cm³/mol. The van der Waals surface area contributed by atoms with Crippen molar-refractivity contribution >= 4 is 0 Å². The number of quaternary nitrogens is 1.